The summed E-state index contributed by atoms with van der Waals surface area (Å²) in [5.41, 5.74) is 1.63. The predicted octanol–water partition coefficient (Wildman–Crippen LogP) is 1.55. The van der Waals surface area contributed by atoms with E-state index in [0.717, 1.165) is 37.2 Å². The Morgan fingerprint density at radius 2 is 1.95 bits per heavy atom. The lowest BCUT2D eigenvalue weighted by molar-refractivity contribution is -0.126. The van der Waals surface area contributed by atoms with Gasteiger partial charge in [-0.25, -0.2) is 0 Å². The molecule has 1 amide bonds. The van der Waals surface area contributed by atoms with Gasteiger partial charge in [0.1, 0.15) is 0 Å². The van der Waals surface area contributed by atoms with Crippen LogP contribution in [0.2, 0.25) is 0 Å². The standard InChI is InChI=1S/C15H22N2O2/c1-15(7-9-16-10-8-15)14(19)17-13-4-2-12(3-5-13)6-11-18/h2-5,16,18H,6-11H2,1H3,(H,17,19). The highest BCUT2D eigenvalue weighted by Crippen LogP contribution is 2.29. The van der Waals surface area contributed by atoms with E-state index in [9.17, 15) is 4.79 Å². The van der Waals surface area contributed by atoms with E-state index in [4.69, 9.17) is 5.11 Å². The van der Waals surface area contributed by atoms with Gasteiger partial charge in [-0.15, -0.1) is 0 Å². The Morgan fingerprint density at radius 1 is 1.32 bits per heavy atom. The van der Waals surface area contributed by atoms with Crippen molar-refractivity contribution in [3.05, 3.63) is 29.8 Å². The maximum atomic E-state index is 12.3. The number of piperidine rings is 1. The van der Waals surface area contributed by atoms with Gasteiger partial charge in [0.15, 0.2) is 0 Å². The lowest BCUT2D eigenvalue weighted by Crippen LogP contribution is -2.42. The van der Waals surface area contributed by atoms with Crippen molar-refractivity contribution in [3.8, 4) is 0 Å². The smallest absolute Gasteiger partial charge is 0.230 e. The summed E-state index contributed by atoms with van der Waals surface area (Å²) in [5, 5.41) is 15.1. The van der Waals surface area contributed by atoms with Crippen molar-refractivity contribution >= 4 is 11.6 Å². The molecular weight excluding hydrogens is 240 g/mol. The van der Waals surface area contributed by atoms with Crippen molar-refractivity contribution in [2.45, 2.75) is 26.2 Å². The third-order valence-corrected chi connectivity index (χ3v) is 3.87. The minimum atomic E-state index is -0.269. The van der Waals surface area contributed by atoms with Crippen LogP contribution >= 0.6 is 0 Å². The van der Waals surface area contributed by atoms with Gasteiger partial charge in [-0.1, -0.05) is 19.1 Å². The molecule has 0 aromatic heterocycles. The van der Waals surface area contributed by atoms with Gasteiger partial charge in [-0.2, -0.15) is 0 Å². The SMILES string of the molecule is CC1(C(=O)Nc2ccc(CCO)cc2)CCNCC1. The first-order valence-electron chi connectivity index (χ1n) is 6.86. The Hall–Kier alpha value is -1.39. The number of aliphatic hydroxyl groups is 1. The van der Waals surface area contributed by atoms with Gasteiger partial charge < -0.3 is 15.7 Å². The molecule has 0 atom stereocenters. The van der Waals surface area contributed by atoms with E-state index in [1.807, 2.05) is 31.2 Å². The van der Waals surface area contributed by atoms with Gasteiger partial charge in [0.25, 0.3) is 0 Å². The van der Waals surface area contributed by atoms with Crippen molar-refractivity contribution in [1.29, 1.82) is 0 Å². The Morgan fingerprint density at radius 3 is 2.53 bits per heavy atom. The van der Waals surface area contributed by atoms with Crippen LogP contribution in [0.15, 0.2) is 24.3 Å². The second-order valence-electron chi connectivity index (χ2n) is 5.44. The number of anilines is 1. The number of carbonyl (C=O) groups is 1. The topological polar surface area (TPSA) is 61.4 Å². The molecule has 19 heavy (non-hydrogen) atoms. The lowest BCUT2D eigenvalue weighted by atomic mass is 9.80. The predicted molar refractivity (Wildman–Crippen MR) is 76.1 cm³/mol. The molecule has 3 N–H and O–H groups in total. The minimum Gasteiger partial charge on any atom is -0.396 e. The van der Waals surface area contributed by atoms with Gasteiger partial charge in [0.2, 0.25) is 5.91 Å². The lowest BCUT2D eigenvalue weighted by Gasteiger charge is -2.32. The normalized spacial score (nSPS) is 18.0. The van der Waals surface area contributed by atoms with E-state index >= 15 is 0 Å². The maximum absolute atomic E-state index is 12.3. The first-order valence-corrected chi connectivity index (χ1v) is 6.86. The Balaban J connectivity index is 1.98. The van der Waals surface area contributed by atoms with E-state index in [0.29, 0.717) is 6.42 Å². The molecule has 104 valence electrons. The van der Waals surface area contributed by atoms with Crippen LogP contribution in [-0.2, 0) is 11.2 Å². The van der Waals surface area contributed by atoms with Crippen LogP contribution in [0.25, 0.3) is 0 Å². The molecule has 0 aliphatic carbocycles. The summed E-state index contributed by atoms with van der Waals surface area (Å²) in [4.78, 5) is 12.3. The molecule has 4 heteroatoms. The number of amides is 1. The number of hydrogen-bond donors (Lipinski definition) is 3. The number of hydrogen-bond acceptors (Lipinski definition) is 3. The quantitative estimate of drug-likeness (QED) is 0.771. The zero-order valence-corrected chi connectivity index (χ0v) is 11.4. The molecule has 1 heterocycles. The molecule has 1 aliphatic rings. The van der Waals surface area contributed by atoms with Gasteiger partial charge in [0.05, 0.1) is 0 Å². The molecule has 1 aromatic rings. The zero-order chi connectivity index (χ0) is 13.7. The Bertz CT molecular complexity index is 422. The monoisotopic (exact) mass is 262 g/mol. The molecule has 0 radical (unpaired) electrons. The van der Waals surface area contributed by atoms with Crippen molar-refractivity contribution < 1.29 is 9.90 Å². The first kappa shape index (κ1) is 14.0. The molecule has 1 fully saturated rings. The van der Waals surface area contributed by atoms with Crippen molar-refractivity contribution in [3.63, 3.8) is 0 Å². The Labute approximate surface area is 114 Å². The Kier molecular flexibility index (Phi) is 4.56. The first-order chi connectivity index (χ1) is 9.14. The van der Waals surface area contributed by atoms with Crippen molar-refractivity contribution in [2.24, 2.45) is 5.41 Å². The fraction of sp³-hybridized carbons (Fsp3) is 0.533. The second-order valence-corrected chi connectivity index (χ2v) is 5.44. The summed E-state index contributed by atoms with van der Waals surface area (Å²) < 4.78 is 0. The number of aliphatic hydroxyl groups excluding tert-OH is 1. The number of benzene rings is 1. The molecule has 0 unspecified atom stereocenters. The summed E-state index contributed by atoms with van der Waals surface area (Å²) in [5.74, 6) is 0.101. The molecule has 4 nitrogen and oxygen atoms in total. The summed E-state index contributed by atoms with van der Waals surface area (Å²) in [7, 11) is 0. The van der Waals surface area contributed by atoms with E-state index in [2.05, 4.69) is 10.6 Å². The molecule has 0 bridgehead atoms. The van der Waals surface area contributed by atoms with Crippen LogP contribution in [0.3, 0.4) is 0 Å². The maximum Gasteiger partial charge on any atom is 0.230 e. The average molecular weight is 262 g/mol. The number of rotatable bonds is 4. The minimum absolute atomic E-state index is 0.101. The van der Waals surface area contributed by atoms with Crippen molar-refractivity contribution in [2.75, 3.05) is 25.0 Å². The van der Waals surface area contributed by atoms with Crippen LogP contribution < -0.4 is 10.6 Å². The summed E-state index contributed by atoms with van der Waals surface area (Å²) >= 11 is 0. The third-order valence-electron chi connectivity index (χ3n) is 3.87. The molecular formula is C15H22N2O2. The van der Waals surface area contributed by atoms with Crippen LogP contribution in [0.5, 0.6) is 0 Å². The van der Waals surface area contributed by atoms with Gasteiger partial charge in [0, 0.05) is 17.7 Å². The van der Waals surface area contributed by atoms with Gasteiger partial charge in [-0.05, 0) is 50.0 Å². The molecule has 1 aromatic carbocycles. The largest absolute Gasteiger partial charge is 0.396 e. The van der Waals surface area contributed by atoms with Crippen LogP contribution in [0.4, 0.5) is 5.69 Å². The van der Waals surface area contributed by atoms with Gasteiger partial charge >= 0.3 is 0 Å². The fourth-order valence-corrected chi connectivity index (χ4v) is 2.37. The second kappa shape index (κ2) is 6.17. The number of carbonyl (C=O) groups excluding carboxylic acids is 1. The fourth-order valence-electron chi connectivity index (χ4n) is 2.37. The van der Waals surface area contributed by atoms with E-state index < -0.39 is 0 Å². The van der Waals surface area contributed by atoms with E-state index in [1.54, 1.807) is 0 Å². The van der Waals surface area contributed by atoms with Crippen LogP contribution in [-0.4, -0.2) is 30.7 Å². The van der Waals surface area contributed by atoms with E-state index in [-0.39, 0.29) is 17.9 Å². The molecule has 0 saturated carbocycles. The summed E-state index contributed by atoms with van der Waals surface area (Å²) in [6, 6.07) is 7.67. The van der Waals surface area contributed by atoms with Crippen molar-refractivity contribution in [1.82, 2.24) is 5.32 Å². The van der Waals surface area contributed by atoms with E-state index in [1.165, 1.54) is 0 Å². The average Bonchev–Trinajstić information content (AvgIpc) is 2.42. The molecule has 2 rings (SSSR count). The summed E-state index contributed by atoms with van der Waals surface area (Å²) in [6.07, 6.45) is 2.40. The highest BCUT2D eigenvalue weighted by Gasteiger charge is 2.34. The van der Waals surface area contributed by atoms with Crippen LogP contribution in [0.1, 0.15) is 25.3 Å². The van der Waals surface area contributed by atoms with Crippen LogP contribution in [0, 0.1) is 5.41 Å². The zero-order valence-electron chi connectivity index (χ0n) is 11.4. The molecule has 0 spiro atoms. The number of nitrogens with one attached hydrogen (secondary N) is 2. The molecule has 1 aliphatic heterocycles. The third kappa shape index (κ3) is 3.55. The molecule has 1 saturated heterocycles. The highest BCUT2D eigenvalue weighted by atomic mass is 16.2. The highest BCUT2D eigenvalue weighted by molar-refractivity contribution is 5.95. The summed E-state index contributed by atoms with van der Waals surface area (Å²) in [6.45, 7) is 3.98. The van der Waals surface area contributed by atoms with Gasteiger partial charge in [-0.3, -0.25) is 4.79 Å².